The zero-order chi connectivity index (χ0) is 22.5. The van der Waals surface area contributed by atoms with Crippen molar-refractivity contribution in [3.63, 3.8) is 0 Å². The SMILES string of the molecule is Cc1cccnc1C(NC(=O)C1CCN(Cc2ccc(Cl)c(Cl)c2)CC1)c1ccccc1. The zero-order valence-electron chi connectivity index (χ0n) is 18.1. The van der Waals surface area contributed by atoms with Crippen molar-refractivity contribution in [2.24, 2.45) is 5.92 Å². The number of pyridine rings is 1. The van der Waals surface area contributed by atoms with Crippen LogP contribution in [0, 0.1) is 12.8 Å². The van der Waals surface area contributed by atoms with Crippen molar-refractivity contribution >= 4 is 29.1 Å². The van der Waals surface area contributed by atoms with E-state index in [1.54, 1.807) is 6.20 Å². The molecule has 1 amide bonds. The minimum absolute atomic E-state index is 0.00436. The highest BCUT2D eigenvalue weighted by molar-refractivity contribution is 6.42. The van der Waals surface area contributed by atoms with Gasteiger partial charge >= 0.3 is 0 Å². The highest BCUT2D eigenvalue weighted by Crippen LogP contribution is 2.27. The average molecular weight is 468 g/mol. The number of likely N-dealkylation sites (tertiary alicyclic amines) is 1. The summed E-state index contributed by atoms with van der Waals surface area (Å²) < 4.78 is 0. The van der Waals surface area contributed by atoms with E-state index >= 15 is 0 Å². The summed E-state index contributed by atoms with van der Waals surface area (Å²) in [6, 6.07) is 19.5. The molecule has 3 aromatic rings. The number of aromatic nitrogens is 1. The molecule has 1 saturated heterocycles. The van der Waals surface area contributed by atoms with Crippen LogP contribution in [0.1, 0.15) is 41.3 Å². The van der Waals surface area contributed by atoms with Gasteiger partial charge in [0.15, 0.2) is 0 Å². The largest absolute Gasteiger partial charge is 0.343 e. The first-order valence-corrected chi connectivity index (χ1v) is 11.7. The van der Waals surface area contributed by atoms with Gasteiger partial charge in [-0.3, -0.25) is 14.7 Å². The van der Waals surface area contributed by atoms with Crippen LogP contribution in [0.25, 0.3) is 0 Å². The van der Waals surface area contributed by atoms with Crippen LogP contribution in [0.2, 0.25) is 10.0 Å². The molecule has 4 rings (SSSR count). The van der Waals surface area contributed by atoms with E-state index in [9.17, 15) is 4.79 Å². The third kappa shape index (κ3) is 5.50. The number of benzene rings is 2. The zero-order valence-corrected chi connectivity index (χ0v) is 19.6. The van der Waals surface area contributed by atoms with Crippen LogP contribution in [-0.2, 0) is 11.3 Å². The first-order chi connectivity index (χ1) is 15.5. The summed E-state index contributed by atoms with van der Waals surface area (Å²) in [5.41, 5.74) is 4.14. The quantitative estimate of drug-likeness (QED) is 0.496. The van der Waals surface area contributed by atoms with Crippen molar-refractivity contribution in [2.75, 3.05) is 13.1 Å². The molecule has 1 aliphatic heterocycles. The third-order valence-corrected chi connectivity index (χ3v) is 6.83. The number of rotatable bonds is 6. The van der Waals surface area contributed by atoms with Crippen LogP contribution >= 0.6 is 23.2 Å². The molecule has 2 aromatic carbocycles. The van der Waals surface area contributed by atoms with Gasteiger partial charge in [-0.15, -0.1) is 0 Å². The van der Waals surface area contributed by atoms with E-state index in [-0.39, 0.29) is 17.9 Å². The van der Waals surface area contributed by atoms with E-state index in [1.165, 1.54) is 0 Å². The topological polar surface area (TPSA) is 45.2 Å². The molecule has 166 valence electrons. The minimum Gasteiger partial charge on any atom is -0.343 e. The van der Waals surface area contributed by atoms with Crippen molar-refractivity contribution < 1.29 is 4.79 Å². The molecule has 0 saturated carbocycles. The Hall–Kier alpha value is -2.40. The first kappa shape index (κ1) is 22.8. The summed E-state index contributed by atoms with van der Waals surface area (Å²) in [5.74, 6) is 0.0911. The summed E-state index contributed by atoms with van der Waals surface area (Å²) >= 11 is 12.2. The average Bonchev–Trinajstić information content (AvgIpc) is 2.81. The van der Waals surface area contributed by atoms with Crippen LogP contribution in [-0.4, -0.2) is 28.9 Å². The van der Waals surface area contributed by atoms with E-state index in [4.69, 9.17) is 23.2 Å². The molecule has 4 nitrogen and oxygen atoms in total. The molecule has 6 heteroatoms. The lowest BCUT2D eigenvalue weighted by molar-refractivity contribution is -0.127. The Morgan fingerprint density at radius 3 is 2.50 bits per heavy atom. The maximum Gasteiger partial charge on any atom is 0.224 e. The van der Waals surface area contributed by atoms with Gasteiger partial charge in [0.1, 0.15) is 0 Å². The molecule has 1 atom stereocenters. The number of nitrogens with zero attached hydrogens (tertiary/aromatic N) is 2. The first-order valence-electron chi connectivity index (χ1n) is 10.9. The smallest absolute Gasteiger partial charge is 0.224 e. The highest BCUT2D eigenvalue weighted by Gasteiger charge is 2.28. The van der Waals surface area contributed by atoms with Crippen LogP contribution < -0.4 is 5.32 Å². The van der Waals surface area contributed by atoms with Gasteiger partial charge in [0.25, 0.3) is 0 Å². The Kier molecular flexibility index (Phi) is 7.46. The fourth-order valence-electron chi connectivity index (χ4n) is 4.26. The molecule has 1 fully saturated rings. The Bertz CT molecular complexity index is 1070. The van der Waals surface area contributed by atoms with Crippen LogP contribution in [0.3, 0.4) is 0 Å². The summed E-state index contributed by atoms with van der Waals surface area (Å²) in [7, 11) is 0. The molecular formula is C26H27Cl2N3O. The fourth-order valence-corrected chi connectivity index (χ4v) is 4.59. The normalized spacial score (nSPS) is 16.0. The molecule has 1 aromatic heterocycles. The number of amides is 1. The number of aryl methyl sites for hydroxylation is 1. The Labute approximate surface area is 199 Å². The van der Waals surface area contributed by atoms with Crippen molar-refractivity contribution in [1.82, 2.24) is 15.2 Å². The lowest BCUT2D eigenvalue weighted by atomic mass is 9.93. The molecule has 1 aliphatic rings. The minimum atomic E-state index is -0.251. The maximum absolute atomic E-state index is 13.2. The molecule has 0 bridgehead atoms. The van der Waals surface area contributed by atoms with Crippen LogP contribution in [0.15, 0.2) is 66.9 Å². The highest BCUT2D eigenvalue weighted by atomic mass is 35.5. The summed E-state index contributed by atoms with van der Waals surface area (Å²) in [5, 5.41) is 4.44. The van der Waals surface area contributed by atoms with Crippen LogP contribution in [0.5, 0.6) is 0 Å². The van der Waals surface area contributed by atoms with E-state index in [1.807, 2.05) is 67.6 Å². The van der Waals surface area contributed by atoms with Crippen molar-refractivity contribution in [1.29, 1.82) is 0 Å². The predicted molar refractivity (Wildman–Crippen MR) is 130 cm³/mol. The number of hydrogen-bond donors (Lipinski definition) is 1. The number of halogens is 2. The number of nitrogens with one attached hydrogen (secondary N) is 1. The van der Waals surface area contributed by atoms with Gasteiger partial charge in [-0.05, 0) is 67.7 Å². The van der Waals surface area contributed by atoms with Gasteiger partial charge in [0.2, 0.25) is 5.91 Å². The number of piperidine rings is 1. The standard InChI is InChI=1S/C26H27Cl2N3O/c1-18-6-5-13-29-24(18)25(20-7-3-2-4-8-20)30-26(32)21-11-14-31(15-12-21)17-19-9-10-22(27)23(28)16-19/h2-10,13,16,21,25H,11-12,14-15,17H2,1H3,(H,30,32). The van der Waals surface area contributed by atoms with Crippen molar-refractivity contribution in [3.05, 3.63) is 99.3 Å². The summed E-state index contributed by atoms with van der Waals surface area (Å²) in [6.45, 7) is 4.59. The third-order valence-electron chi connectivity index (χ3n) is 6.09. The van der Waals surface area contributed by atoms with Gasteiger partial charge in [-0.2, -0.15) is 0 Å². The van der Waals surface area contributed by atoms with Gasteiger partial charge in [-0.1, -0.05) is 65.7 Å². The molecule has 1 unspecified atom stereocenters. The Morgan fingerprint density at radius 1 is 1.06 bits per heavy atom. The van der Waals surface area contributed by atoms with Crippen molar-refractivity contribution in [2.45, 2.75) is 32.4 Å². The summed E-state index contributed by atoms with van der Waals surface area (Å²) in [4.78, 5) is 20.2. The van der Waals surface area contributed by atoms with E-state index in [2.05, 4.69) is 15.2 Å². The van der Waals surface area contributed by atoms with Crippen molar-refractivity contribution in [3.8, 4) is 0 Å². The second-order valence-corrected chi connectivity index (χ2v) is 9.17. The fraction of sp³-hybridized carbons (Fsp3) is 0.308. The van der Waals surface area contributed by atoms with E-state index in [0.717, 1.165) is 54.9 Å². The molecular weight excluding hydrogens is 441 g/mol. The maximum atomic E-state index is 13.2. The predicted octanol–water partition coefficient (Wildman–Crippen LogP) is 5.81. The lowest BCUT2D eigenvalue weighted by Crippen LogP contribution is -2.41. The van der Waals surface area contributed by atoms with Gasteiger partial charge in [0.05, 0.1) is 21.8 Å². The van der Waals surface area contributed by atoms with Crippen LogP contribution in [0.4, 0.5) is 0 Å². The van der Waals surface area contributed by atoms with E-state index < -0.39 is 0 Å². The molecule has 0 radical (unpaired) electrons. The molecule has 32 heavy (non-hydrogen) atoms. The number of carbonyl (C=O) groups is 1. The monoisotopic (exact) mass is 467 g/mol. The molecule has 2 heterocycles. The molecule has 1 N–H and O–H groups in total. The second-order valence-electron chi connectivity index (χ2n) is 8.36. The lowest BCUT2D eigenvalue weighted by Gasteiger charge is -2.32. The second kappa shape index (κ2) is 10.5. The Balaban J connectivity index is 1.40. The van der Waals surface area contributed by atoms with Gasteiger partial charge in [0, 0.05) is 18.7 Å². The number of carbonyl (C=O) groups excluding carboxylic acids is 1. The van der Waals surface area contributed by atoms with E-state index in [0.29, 0.717) is 10.0 Å². The summed E-state index contributed by atoms with van der Waals surface area (Å²) in [6.07, 6.45) is 3.44. The van der Waals surface area contributed by atoms with Gasteiger partial charge < -0.3 is 5.32 Å². The number of hydrogen-bond acceptors (Lipinski definition) is 3. The molecule has 0 spiro atoms. The Morgan fingerprint density at radius 2 is 1.81 bits per heavy atom. The molecule has 0 aliphatic carbocycles. The van der Waals surface area contributed by atoms with Gasteiger partial charge in [-0.25, -0.2) is 0 Å².